The summed E-state index contributed by atoms with van der Waals surface area (Å²) in [6.07, 6.45) is -2.40. The van der Waals surface area contributed by atoms with E-state index >= 15 is 0 Å². The summed E-state index contributed by atoms with van der Waals surface area (Å²) in [5.74, 6) is -0.269. The van der Waals surface area contributed by atoms with Gasteiger partial charge in [-0.15, -0.1) is 10.2 Å². The molecule has 1 amide bonds. The number of nitrogens with one attached hydrogen (secondary N) is 2. The summed E-state index contributed by atoms with van der Waals surface area (Å²) in [6.45, 7) is 0.456. The Morgan fingerprint density at radius 3 is 2.68 bits per heavy atom. The normalized spacial score (nSPS) is 16.4. The highest BCUT2D eigenvalue weighted by Crippen LogP contribution is 2.37. The molecule has 5 rings (SSSR count). The van der Waals surface area contributed by atoms with Crippen molar-refractivity contribution in [1.29, 1.82) is 0 Å². The first kappa shape index (κ1) is 26.3. The van der Waals surface area contributed by atoms with Gasteiger partial charge in [-0.1, -0.05) is 35.6 Å². The molecule has 7 nitrogen and oxygen atoms in total. The monoisotopic (exact) mass is 558 g/mol. The fourth-order valence-electron chi connectivity index (χ4n) is 4.34. The lowest BCUT2D eigenvalue weighted by molar-refractivity contribution is -0.139. The van der Waals surface area contributed by atoms with Crippen LogP contribution in [0.3, 0.4) is 0 Å². The van der Waals surface area contributed by atoms with Crippen LogP contribution in [-0.4, -0.2) is 57.1 Å². The Morgan fingerprint density at radius 1 is 1.16 bits per heavy atom. The number of benzene rings is 2. The summed E-state index contributed by atoms with van der Waals surface area (Å²) in [5, 5.41) is 15.9. The number of amides is 1. The van der Waals surface area contributed by atoms with E-state index in [1.807, 2.05) is 25.3 Å². The van der Waals surface area contributed by atoms with E-state index in [1.54, 1.807) is 42.5 Å². The number of halogens is 3. The van der Waals surface area contributed by atoms with Gasteiger partial charge in [0.25, 0.3) is 5.91 Å². The molecule has 3 heterocycles. The fourth-order valence-corrected chi connectivity index (χ4v) is 5.60. The Labute approximate surface area is 226 Å². The third-order valence-electron chi connectivity index (χ3n) is 6.15. The number of carbonyl (C=O) groups excluding carboxylic acids is 1. The lowest BCUT2D eigenvalue weighted by Gasteiger charge is -2.28. The Hall–Kier alpha value is -3.35. The van der Waals surface area contributed by atoms with Crippen molar-refractivity contribution in [3.8, 4) is 10.7 Å². The molecule has 4 aromatic rings. The van der Waals surface area contributed by atoms with Crippen LogP contribution in [0.2, 0.25) is 0 Å². The highest BCUT2D eigenvalue weighted by molar-refractivity contribution is 7.81. The molecular weight excluding hydrogens is 533 g/mol. The molecule has 198 valence electrons. The highest BCUT2D eigenvalue weighted by Gasteiger charge is 2.31. The average Bonchev–Trinajstić information content (AvgIpc) is 3.49. The largest absolute Gasteiger partial charge is 0.406 e. The van der Waals surface area contributed by atoms with Crippen molar-refractivity contribution in [2.24, 2.45) is 0 Å². The van der Waals surface area contributed by atoms with Gasteiger partial charge in [-0.25, -0.2) is 0 Å². The van der Waals surface area contributed by atoms with Crippen molar-refractivity contribution in [1.82, 2.24) is 25.0 Å². The van der Waals surface area contributed by atoms with Crippen LogP contribution in [0.25, 0.3) is 21.6 Å². The first-order chi connectivity index (χ1) is 18.2. The van der Waals surface area contributed by atoms with Gasteiger partial charge in [-0.2, -0.15) is 25.8 Å². The maximum atomic E-state index is 13.6. The molecule has 1 atom stereocenters. The summed E-state index contributed by atoms with van der Waals surface area (Å²) < 4.78 is 42.1. The molecule has 1 aliphatic rings. The molecule has 0 fully saturated rings. The average molecular weight is 559 g/mol. The first-order valence-electron chi connectivity index (χ1n) is 11.9. The molecule has 2 N–H and O–H groups in total. The summed E-state index contributed by atoms with van der Waals surface area (Å²) >= 11 is 5.81. The summed E-state index contributed by atoms with van der Waals surface area (Å²) in [7, 11) is 2.00. The van der Waals surface area contributed by atoms with Gasteiger partial charge in [0.05, 0.1) is 23.0 Å². The van der Waals surface area contributed by atoms with Crippen molar-refractivity contribution >= 4 is 46.5 Å². The number of rotatable bonds is 7. The number of hydrogen-bond donors (Lipinski definition) is 3. The minimum atomic E-state index is -4.44. The van der Waals surface area contributed by atoms with Gasteiger partial charge in [0.2, 0.25) is 0 Å². The number of fused-ring (bicyclic) bond motifs is 1. The lowest BCUT2D eigenvalue weighted by Crippen LogP contribution is -2.34. The number of anilines is 1. The Bertz CT molecular complexity index is 1480. The number of nitrogens with zero attached hydrogens (tertiary/aromatic N) is 4. The summed E-state index contributed by atoms with van der Waals surface area (Å²) in [5.41, 5.74) is 2.85. The number of aromatic nitrogens is 3. The zero-order valence-electron chi connectivity index (χ0n) is 20.4. The number of carbonyl (C=O) groups is 1. The lowest BCUT2D eigenvalue weighted by atomic mass is 10.1. The van der Waals surface area contributed by atoms with Gasteiger partial charge in [0.1, 0.15) is 11.6 Å². The van der Waals surface area contributed by atoms with Crippen LogP contribution in [0, 0.1) is 0 Å². The van der Waals surface area contributed by atoms with E-state index in [9.17, 15) is 18.0 Å². The Balaban J connectivity index is 1.46. The van der Waals surface area contributed by atoms with Crippen molar-refractivity contribution in [3.05, 3.63) is 76.9 Å². The predicted molar refractivity (Wildman–Crippen MR) is 146 cm³/mol. The van der Waals surface area contributed by atoms with Crippen molar-refractivity contribution in [3.63, 3.8) is 0 Å². The van der Waals surface area contributed by atoms with Crippen LogP contribution < -0.4 is 10.6 Å². The maximum absolute atomic E-state index is 13.6. The second-order valence-electron chi connectivity index (χ2n) is 9.04. The third-order valence-corrected chi connectivity index (χ3v) is 7.54. The van der Waals surface area contributed by atoms with E-state index in [0.717, 1.165) is 30.1 Å². The van der Waals surface area contributed by atoms with E-state index in [4.69, 9.17) is 0 Å². The molecule has 2 aromatic heterocycles. The van der Waals surface area contributed by atoms with E-state index in [0.29, 0.717) is 37.9 Å². The molecule has 1 unspecified atom stereocenters. The zero-order chi connectivity index (χ0) is 26.9. The maximum Gasteiger partial charge on any atom is 0.406 e. The quantitative estimate of drug-likeness (QED) is 0.272. The van der Waals surface area contributed by atoms with E-state index < -0.39 is 12.7 Å². The van der Waals surface area contributed by atoms with Crippen LogP contribution in [0.5, 0.6) is 0 Å². The molecular formula is C26H25F3N6OS2. The van der Waals surface area contributed by atoms with Gasteiger partial charge < -0.3 is 20.1 Å². The molecule has 38 heavy (non-hydrogen) atoms. The molecule has 0 radical (unpaired) electrons. The summed E-state index contributed by atoms with van der Waals surface area (Å²) in [6, 6.07) is 15.7. The van der Waals surface area contributed by atoms with Crippen LogP contribution in [0.4, 0.5) is 18.9 Å². The number of hydrogen-bond acceptors (Lipinski definition) is 7. The minimum absolute atomic E-state index is 0.0439. The Kier molecular flexibility index (Phi) is 7.46. The van der Waals surface area contributed by atoms with Gasteiger partial charge in [0.15, 0.2) is 5.01 Å². The SMILES string of the molecule is CN1CC=C(Nc2cccc3c2cc(-c2nnc(CNC(=O)c4ccccc4)s2)n3CC(F)(F)F)C(S)C1. The predicted octanol–water partition coefficient (Wildman–Crippen LogP) is 5.19. The van der Waals surface area contributed by atoms with Crippen molar-refractivity contribution in [2.75, 3.05) is 25.5 Å². The number of likely N-dealkylation sites (N-methyl/N-ethyl adjacent to an activating group) is 1. The van der Waals surface area contributed by atoms with E-state index in [-0.39, 0.29) is 17.7 Å². The van der Waals surface area contributed by atoms with Gasteiger partial charge >= 0.3 is 6.18 Å². The molecule has 0 spiro atoms. The first-order valence-corrected chi connectivity index (χ1v) is 13.2. The van der Waals surface area contributed by atoms with Crippen LogP contribution >= 0.6 is 24.0 Å². The molecule has 12 heteroatoms. The molecule has 0 saturated heterocycles. The molecule has 1 aliphatic heterocycles. The minimum Gasteiger partial charge on any atom is -0.358 e. The highest BCUT2D eigenvalue weighted by atomic mass is 32.1. The molecule has 2 aromatic carbocycles. The standard InChI is InChI=1S/C26H25F3N6OS2/c1-34-11-10-19(22(37)14-34)31-18-8-5-9-20-17(18)12-21(35(20)15-26(27,28)29)25-33-32-23(38-25)13-30-24(36)16-6-3-2-4-7-16/h2-10,12,22,31,37H,11,13-15H2,1H3,(H,30,36). The molecule has 0 aliphatic carbocycles. The van der Waals surface area contributed by atoms with Gasteiger partial charge in [-0.3, -0.25) is 4.79 Å². The summed E-state index contributed by atoms with van der Waals surface area (Å²) in [4.78, 5) is 14.5. The van der Waals surface area contributed by atoms with Crippen molar-refractivity contribution < 1.29 is 18.0 Å². The topological polar surface area (TPSA) is 75.1 Å². The molecule has 0 bridgehead atoms. The van der Waals surface area contributed by atoms with E-state index in [1.165, 1.54) is 4.57 Å². The second kappa shape index (κ2) is 10.8. The van der Waals surface area contributed by atoms with Gasteiger partial charge in [-0.05, 0) is 43.5 Å². The molecule has 0 saturated carbocycles. The zero-order valence-corrected chi connectivity index (χ0v) is 22.1. The van der Waals surface area contributed by atoms with E-state index in [2.05, 4.69) is 38.4 Å². The Morgan fingerprint density at radius 2 is 1.95 bits per heavy atom. The van der Waals surface area contributed by atoms with Crippen molar-refractivity contribution in [2.45, 2.75) is 24.5 Å². The third kappa shape index (κ3) is 5.87. The van der Waals surface area contributed by atoms with Crippen LogP contribution in [-0.2, 0) is 13.1 Å². The number of alkyl halides is 3. The smallest absolute Gasteiger partial charge is 0.358 e. The fraction of sp³-hybridized carbons (Fsp3) is 0.269. The van der Waals surface area contributed by atoms with Crippen LogP contribution in [0.15, 0.2) is 66.4 Å². The second-order valence-corrected chi connectivity index (χ2v) is 10.7. The van der Waals surface area contributed by atoms with Crippen LogP contribution in [0.1, 0.15) is 15.4 Å². The van der Waals surface area contributed by atoms with Gasteiger partial charge in [0, 0.05) is 35.4 Å². The number of thiol groups is 1.